The van der Waals surface area contributed by atoms with Crippen molar-refractivity contribution in [2.75, 3.05) is 5.32 Å². The predicted molar refractivity (Wildman–Crippen MR) is 112 cm³/mol. The first kappa shape index (κ1) is 21.1. The maximum atomic E-state index is 12.6. The highest BCUT2D eigenvalue weighted by Gasteiger charge is 2.23. The van der Waals surface area contributed by atoms with Crippen molar-refractivity contribution in [1.82, 2.24) is 4.57 Å². The highest BCUT2D eigenvalue weighted by atomic mass is 16.5. The normalized spacial score (nSPS) is 11.7. The molecule has 7 heteroatoms. The minimum atomic E-state index is -0.988. The van der Waals surface area contributed by atoms with Crippen molar-refractivity contribution in [1.29, 1.82) is 0 Å². The standard InChI is InChI=1S/C23H24N2O5/c1-14-12-21(15(2)25(14)13-20-6-5-11-29-20)23(28)30-17(4)22(27)24-19-9-7-18(8-10-19)16(3)26/h5-12,17H,13H2,1-4H3,(H,24,27)/t17-/m0/s1. The molecule has 1 N–H and O–H groups in total. The summed E-state index contributed by atoms with van der Waals surface area (Å²) in [5, 5.41) is 2.68. The third-order valence-electron chi connectivity index (χ3n) is 4.90. The zero-order chi connectivity index (χ0) is 21.8. The number of carbonyl (C=O) groups excluding carboxylic acids is 3. The molecule has 0 bridgehead atoms. The highest BCUT2D eigenvalue weighted by Crippen LogP contribution is 2.19. The minimum absolute atomic E-state index is 0.0557. The molecule has 156 valence electrons. The average Bonchev–Trinajstić information content (AvgIpc) is 3.32. The number of nitrogens with zero attached hydrogens (tertiary/aromatic N) is 1. The van der Waals surface area contributed by atoms with Gasteiger partial charge in [-0.1, -0.05) is 0 Å². The third kappa shape index (κ3) is 4.68. The second-order valence-electron chi connectivity index (χ2n) is 7.12. The van der Waals surface area contributed by atoms with Crippen LogP contribution in [0.1, 0.15) is 51.7 Å². The minimum Gasteiger partial charge on any atom is -0.467 e. The topological polar surface area (TPSA) is 90.5 Å². The van der Waals surface area contributed by atoms with E-state index in [0.29, 0.717) is 23.4 Å². The lowest BCUT2D eigenvalue weighted by atomic mass is 10.1. The number of furan rings is 1. The third-order valence-corrected chi connectivity index (χ3v) is 4.90. The lowest BCUT2D eigenvalue weighted by molar-refractivity contribution is -0.123. The SMILES string of the molecule is CC(=O)c1ccc(NC(=O)[C@H](C)OC(=O)c2cc(C)n(Cc3ccco3)c2C)cc1. The smallest absolute Gasteiger partial charge is 0.340 e. The number of nitrogens with one attached hydrogen (secondary N) is 1. The van der Waals surface area contributed by atoms with Gasteiger partial charge in [-0.25, -0.2) is 4.79 Å². The zero-order valence-electron chi connectivity index (χ0n) is 17.4. The van der Waals surface area contributed by atoms with Crippen LogP contribution in [0.4, 0.5) is 5.69 Å². The van der Waals surface area contributed by atoms with Gasteiger partial charge in [0.2, 0.25) is 0 Å². The van der Waals surface area contributed by atoms with Gasteiger partial charge in [-0.2, -0.15) is 0 Å². The summed E-state index contributed by atoms with van der Waals surface area (Å²) in [6, 6.07) is 11.9. The Morgan fingerprint density at radius 3 is 2.43 bits per heavy atom. The van der Waals surface area contributed by atoms with Gasteiger partial charge in [-0.15, -0.1) is 0 Å². The maximum Gasteiger partial charge on any atom is 0.340 e. The summed E-state index contributed by atoms with van der Waals surface area (Å²) in [7, 11) is 0. The van der Waals surface area contributed by atoms with Crippen molar-refractivity contribution in [3.8, 4) is 0 Å². The van der Waals surface area contributed by atoms with Crippen LogP contribution in [0.5, 0.6) is 0 Å². The van der Waals surface area contributed by atoms with Gasteiger partial charge in [0.25, 0.3) is 5.91 Å². The van der Waals surface area contributed by atoms with Crippen molar-refractivity contribution in [2.45, 2.75) is 40.3 Å². The number of hydrogen-bond acceptors (Lipinski definition) is 5. The quantitative estimate of drug-likeness (QED) is 0.469. The molecule has 1 amide bonds. The summed E-state index contributed by atoms with van der Waals surface area (Å²) in [6.45, 7) is 7.21. The lowest BCUT2D eigenvalue weighted by Crippen LogP contribution is -2.30. The fourth-order valence-corrected chi connectivity index (χ4v) is 3.12. The summed E-state index contributed by atoms with van der Waals surface area (Å²) in [6.07, 6.45) is 0.616. The summed E-state index contributed by atoms with van der Waals surface area (Å²) >= 11 is 0. The summed E-state index contributed by atoms with van der Waals surface area (Å²) in [5.41, 5.74) is 3.10. The van der Waals surface area contributed by atoms with E-state index in [4.69, 9.17) is 9.15 Å². The second-order valence-corrected chi connectivity index (χ2v) is 7.12. The van der Waals surface area contributed by atoms with Gasteiger partial charge in [0, 0.05) is 22.6 Å². The number of amides is 1. The van der Waals surface area contributed by atoms with Crippen LogP contribution in [0.2, 0.25) is 0 Å². The van der Waals surface area contributed by atoms with Crippen molar-refractivity contribution in [2.24, 2.45) is 0 Å². The molecule has 30 heavy (non-hydrogen) atoms. The van der Waals surface area contributed by atoms with Crippen LogP contribution in [0.3, 0.4) is 0 Å². The first-order valence-corrected chi connectivity index (χ1v) is 9.58. The number of carbonyl (C=O) groups is 3. The molecule has 2 aromatic heterocycles. The molecule has 0 unspecified atom stereocenters. The fourth-order valence-electron chi connectivity index (χ4n) is 3.12. The Morgan fingerprint density at radius 1 is 1.13 bits per heavy atom. The van der Waals surface area contributed by atoms with Gasteiger partial charge in [0.15, 0.2) is 11.9 Å². The molecule has 0 aliphatic heterocycles. The molecule has 0 aliphatic carbocycles. The molecule has 2 heterocycles. The molecule has 1 atom stereocenters. The van der Waals surface area contributed by atoms with Gasteiger partial charge < -0.3 is 19.0 Å². The van der Waals surface area contributed by atoms with E-state index < -0.39 is 18.0 Å². The molecule has 0 fully saturated rings. The van der Waals surface area contributed by atoms with Crippen molar-refractivity contribution in [3.63, 3.8) is 0 Å². The summed E-state index contributed by atoms with van der Waals surface area (Å²) in [4.78, 5) is 36.4. The summed E-state index contributed by atoms with van der Waals surface area (Å²) in [5.74, 6) is -0.299. The molecular formula is C23H24N2O5. The van der Waals surface area contributed by atoms with Gasteiger partial charge in [-0.3, -0.25) is 9.59 Å². The van der Waals surface area contributed by atoms with Crippen LogP contribution in [0.25, 0.3) is 0 Å². The molecular weight excluding hydrogens is 384 g/mol. The number of benzene rings is 1. The number of Topliss-reactive ketones (excluding diaryl/α,β-unsaturated/α-hetero) is 1. The first-order valence-electron chi connectivity index (χ1n) is 9.58. The molecule has 7 nitrogen and oxygen atoms in total. The number of aryl methyl sites for hydroxylation is 1. The molecule has 0 spiro atoms. The van der Waals surface area contributed by atoms with Crippen LogP contribution in [-0.2, 0) is 16.1 Å². The van der Waals surface area contributed by atoms with Crippen LogP contribution in [0, 0.1) is 13.8 Å². The number of ether oxygens (including phenoxy) is 1. The number of aromatic nitrogens is 1. The number of hydrogen-bond donors (Lipinski definition) is 1. The Morgan fingerprint density at radius 2 is 1.83 bits per heavy atom. The first-order chi connectivity index (χ1) is 14.3. The summed E-state index contributed by atoms with van der Waals surface area (Å²) < 4.78 is 12.7. The van der Waals surface area contributed by atoms with Crippen LogP contribution in [-0.4, -0.2) is 28.3 Å². The van der Waals surface area contributed by atoms with Crippen molar-refractivity contribution in [3.05, 3.63) is 77.0 Å². The van der Waals surface area contributed by atoms with E-state index in [-0.39, 0.29) is 5.78 Å². The molecule has 1 aromatic carbocycles. The highest BCUT2D eigenvalue weighted by molar-refractivity contribution is 5.98. The lowest BCUT2D eigenvalue weighted by Gasteiger charge is -2.14. The zero-order valence-corrected chi connectivity index (χ0v) is 17.4. The van der Waals surface area contributed by atoms with Crippen LogP contribution < -0.4 is 5.32 Å². The van der Waals surface area contributed by atoms with Crippen molar-refractivity contribution >= 4 is 23.3 Å². The molecule has 3 rings (SSSR count). The van der Waals surface area contributed by atoms with E-state index in [0.717, 1.165) is 17.1 Å². The number of esters is 1. The molecule has 0 aliphatic rings. The van der Waals surface area contributed by atoms with E-state index in [1.165, 1.54) is 13.8 Å². The maximum absolute atomic E-state index is 12.6. The number of rotatable bonds is 7. The van der Waals surface area contributed by atoms with Gasteiger partial charge >= 0.3 is 5.97 Å². The van der Waals surface area contributed by atoms with Gasteiger partial charge in [-0.05, 0) is 70.2 Å². The van der Waals surface area contributed by atoms with E-state index >= 15 is 0 Å². The van der Waals surface area contributed by atoms with E-state index in [9.17, 15) is 14.4 Å². The Hall–Kier alpha value is -3.61. The van der Waals surface area contributed by atoms with E-state index in [1.54, 1.807) is 36.6 Å². The molecule has 0 saturated carbocycles. The molecule has 3 aromatic rings. The monoisotopic (exact) mass is 408 g/mol. The number of anilines is 1. The molecule has 0 saturated heterocycles. The second kappa shape index (κ2) is 8.82. The van der Waals surface area contributed by atoms with E-state index in [2.05, 4.69) is 5.32 Å². The predicted octanol–water partition coefficient (Wildman–Crippen LogP) is 4.13. The van der Waals surface area contributed by atoms with Crippen LogP contribution >= 0.6 is 0 Å². The van der Waals surface area contributed by atoms with Gasteiger partial charge in [0.05, 0.1) is 18.4 Å². The largest absolute Gasteiger partial charge is 0.467 e. The van der Waals surface area contributed by atoms with E-state index in [1.807, 2.05) is 30.5 Å². The average molecular weight is 408 g/mol. The Kier molecular flexibility index (Phi) is 6.20. The Balaban J connectivity index is 1.65. The van der Waals surface area contributed by atoms with Crippen LogP contribution in [0.15, 0.2) is 53.1 Å². The Labute approximate surface area is 174 Å². The van der Waals surface area contributed by atoms with Gasteiger partial charge in [0.1, 0.15) is 5.76 Å². The fraction of sp³-hybridized carbons (Fsp3) is 0.261. The Bertz CT molecular complexity index is 1060. The molecule has 0 radical (unpaired) electrons. The number of ketones is 1. The van der Waals surface area contributed by atoms with Crippen molar-refractivity contribution < 1.29 is 23.5 Å².